The molecule has 11 unspecified atom stereocenters. The molecule has 334 valence electrons. The van der Waals surface area contributed by atoms with Crippen LogP contribution in [0.1, 0.15) is 43.5 Å². The molecular weight excluding hydrogens is 885 g/mol. The highest BCUT2D eigenvalue weighted by Crippen LogP contribution is 2.52. The summed E-state index contributed by atoms with van der Waals surface area (Å²) < 4.78 is 79.3. The van der Waals surface area contributed by atoms with Crippen LogP contribution >= 0.6 is 23.5 Å². The van der Waals surface area contributed by atoms with Crippen molar-refractivity contribution in [2.45, 2.75) is 81.5 Å². The summed E-state index contributed by atoms with van der Waals surface area (Å²) in [6, 6.07) is 1.25. The van der Waals surface area contributed by atoms with E-state index in [-0.39, 0.29) is 41.2 Å². The van der Waals surface area contributed by atoms with Crippen LogP contribution in [0.15, 0.2) is 45.5 Å². The number of imidazole rings is 1. The van der Waals surface area contributed by atoms with Crippen molar-refractivity contribution in [3.8, 4) is 0 Å². The van der Waals surface area contributed by atoms with Gasteiger partial charge in [-0.3, -0.25) is 41.6 Å². The first-order valence-corrected chi connectivity index (χ1v) is 22.5. The Hall–Kier alpha value is -4.12. The van der Waals surface area contributed by atoms with E-state index in [0.29, 0.717) is 0 Å². The minimum atomic E-state index is -5.46. The number of phosphoric acid groups is 3. The van der Waals surface area contributed by atoms with Gasteiger partial charge in [0.05, 0.1) is 31.7 Å². The van der Waals surface area contributed by atoms with E-state index in [2.05, 4.69) is 29.4 Å². The molecule has 0 aliphatic carbocycles. The number of aromatic amines is 1. The minimum absolute atomic E-state index is 0.0382. The molecule has 4 aromatic rings. The number of nitrogens with two attached hydrogens (primary N) is 2. The molecule has 11 atom stereocenters. The van der Waals surface area contributed by atoms with Gasteiger partial charge in [-0.2, -0.15) is 4.98 Å². The van der Waals surface area contributed by atoms with Gasteiger partial charge in [0, 0.05) is 43.1 Å². The number of hydrogen-bond acceptors (Lipinski definition) is 20. The van der Waals surface area contributed by atoms with Crippen molar-refractivity contribution >= 4 is 46.3 Å². The second-order valence-electron chi connectivity index (χ2n) is 14.1. The number of nitrogens with zero attached hydrogens (tertiary/aromatic N) is 7. The third-order valence-corrected chi connectivity index (χ3v) is 12.0. The Kier molecular flexibility index (Phi) is 12.7. The number of nitrogens with one attached hydrogen (secondary N) is 1. The van der Waals surface area contributed by atoms with E-state index in [1.807, 2.05) is 0 Å². The molecule has 7 rings (SSSR count). The van der Waals surface area contributed by atoms with Crippen molar-refractivity contribution in [1.82, 2.24) is 38.6 Å². The zero-order valence-electron chi connectivity index (χ0n) is 31.3. The maximum absolute atomic E-state index is 13.6. The van der Waals surface area contributed by atoms with Gasteiger partial charge in [0.2, 0.25) is 0 Å². The molecule has 0 amide bonds. The molecule has 0 bridgehead atoms. The Morgan fingerprint density at radius 1 is 0.885 bits per heavy atom. The first kappa shape index (κ1) is 44.9. The molecule has 0 spiro atoms. The average Bonchev–Trinajstić information content (AvgIpc) is 3.95. The van der Waals surface area contributed by atoms with Crippen molar-refractivity contribution in [2.75, 3.05) is 24.7 Å². The third kappa shape index (κ3) is 10.2. The molecule has 0 radical (unpaired) electrons. The van der Waals surface area contributed by atoms with Crippen LogP contribution in [0.2, 0.25) is 0 Å². The van der Waals surface area contributed by atoms with E-state index >= 15 is 0 Å². The van der Waals surface area contributed by atoms with Gasteiger partial charge in [-0.25, -0.2) is 38.2 Å². The number of hydrogen-bond donors (Lipinski definition) is 9. The average molecular weight is 925 g/mol. The topological polar surface area (TPSA) is 423 Å². The Morgan fingerprint density at radius 2 is 1.57 bits per heavy atom. The lowest BCUT2D eigenvalue weighted by Gasteiger charge is -2.33. The van der Waals surface area contributed by atoms with Crippen LogP contribution < -0.4 is 28.4 Å². The molecule has 61 heavy (non-hydrogen) atoms. The standard InChI is InChI=1S/C29H39N10O19P3/c1-12-7-38(29(43)36-27(12)41)19-4-13(23(58-60(47,48)49)24-14(40)5-20(56-24)39-11-34-22-25(31)32-10-33-26(22)39)16(54-19)8-53-61(50,51)57-15-6-21(37-3-2-18(30)35-28(37)42)55-17(15)9-52-59(44,45)46/h2-3,7,10-11,13-17,19-21,23-24,40H,4-6,8-9H2,1H3,(H,50,51)(H2,30,35,42)(H2,31,32,33)(H,36,41,43)(H2,44,45,46)(H2,47,48,49). The second kappa shape index (κ2) is 17.2. The monoisotopic (exact) mass is 924 g/mol. The molecule has 4 aromatic heterocycles. The van der Waals surface area contributed by atoms with Gasteiger partial charge in [-0.1, -0.05) is 0 Å². The van der Waals surface area contributed by atoms with Crippen molar-refractivity contribution in [2.24, 2.45) is 5.92 Å². The van der Waals surface area contributed by atoms with Crippen LogP contribution in [-0.2, 0) is 46.0 Å². The number of rotatable bonds is 15. The van der Waals surface area contributed by atoms with Gasteiger partial charge in [0.25, 0.3) is 5.56 Å². The summed E-state index contributed by atoms with van der Waals surface area (Å²) in [4.78, 5) is 105. The highest BCUT2D eigenvalue weighted by atomic mass is 31.2. The number of fused-ring (bicyclic) bond motifs is 1. The first-order chi connectivity index (χ1) is 28.6. The van der Waals surface area contributed by atoms with E-state index in [0.717, 1.165) is 21.7 Å². The number of anilines is 2. The molecule has 29 nitrogen and oxygen atoms in total. The summed E-state index contributed by atoms with van der Waals surface area (Å²) in [5, 5.41) is 11.3. The molecule has 3 fully saturated rings. The van der Waals surface area contributed by atoms with Crippen LogP contribution in [0.4, 0.5) is 11.6 Å². The molecule has 7 heterocycles. The van der Waals surface area contributed by atoms with Crippen molar-refractivity contribution in [3.05, 3.63) is 68.0 Å². The third-order valence-electron chi connectivity index (χ3n) is 10.00. The molecule has 0 aromatic carbocycles. The molecule has 3 aliphatic rings. The number of ether oxygens (including phenoxy) is 3. The fourth-order valence-corrected chi connectivity index (χ4v) is 9.21. The van der Waals surface area contributed by atoms with Crippen LogP contribution in [0.25, 0.3) is 11.2 Å². The number of H-pyrrole nitrogens is 1. The largest absolute Gasteiger partial charge is 0.472 e. The van der Waals surface area contributed by atoms with E-state index in [1.54, 1.807) is 0 Å². The second-order valence-corrected chi connectivity index (χ2v) is 17.9. The number of aliphatic hydroxyl groups excluding tert-OH is 1. The summed E-state index contributed by atoms with van der Waals surface area (Å²) >= 11 is 0. The number of phosphoric ester groups is 3. The molecule has 0 saturated carbocycles. The van der Waals surface area contributed by atoms with Gasteiger partial charge >= 0.3 is 34.8 Å². The fourth-order valence-electron chi connectivity index (χ4n) is 7.31. The van der Waals surface area contributed by atoms with E-state index in [4.69, 9.17) is 39.2 Å². The Balaban J connectivity index is 1.16. The summed E-state index contributed by atoms with van der Waals surface area (Å²) in [6.45, 7) is -0.450. The molecule has 3 aliphatic heterocycles. The molecular formula is C29H39N10O19P3. The Morgan fingerprint density at radius 3 is 2.28 bits per heavy atom. The molecule has 32 heteroatoms. The highest BCUT2D eigenvalue weighted by Gasteiger charge is 2.53. The summed E-state index contributed by atoms with van der Waals surface area (Å²) in [6.07, 6.45) is -9.27. The predicted octanol–water partition coefficient (Wildman–Crippen LogP) is -1.96. The zero-order chi connectivity index (χ0) is 44.2. The smallest absolute Gasteiger partial charge is 0.390 e. The van der Waals surface area contributed by atoms with Gasteiger partial charge in [-0.05, 0) is 13.0 Å². The number of aryl methyl sites for hydroxylation is 1. The predicted molar refractivity (Wildman–Crippen MR) is 199 cm³/mol. The van der Waals surface area contributed by atoms with E-state index in [9.17, 15) is 57.7 Å². The zero-order valence-corrected chi connectivity index (χ0v) is 34.0. The number of aliphatic hydroxyl groups is 1. The lowest BCUT2D eigenvalue weighted by atomic mass is 9.89. The first-order valence-electron chi connectivity index (χ1n) is 17.9. The molecule has 11 N–H and O–H groups in total. The van der Waals surface area contributed by atoms with Crippen LogP contribution in [-0.4, -0.2) is 118 Å². The normalized spacial score (nSPS) is 28.7. The van der Waals surface area contributed by atoms with Gasteiger partial charge in [0.15, 0.2) is 11.5 Å². The Bertz CT molecular complexity index is 2600. The molecule has 3 saturated heterocycles. The van der Waals surface area contributed by atoms with Crippen molar-refractivity contribution in [3.63, 3.8) is 0 Å². The number of nitrogen functional groups attached to an aromatic ring is 2. The maximum atomic E-state index is 13.6. The van der Waals surface area contributed by atoms with E-state index in [1.165, 1.54) is 30.1 Å². The fraction of sp³-hybridized carbons (Fsp3) is 0.552. The maximum Gasteiger partial charge on any atom is 0.472 e. The minimum Gasteiger partial charge on any atom is -0.390 e. The summed E-state index contributed by atoms with van der Waals surface area (Å²) in [7, 11) is -15.9. The summed E-state index contributed by atoms with van der Waals surface area (Å²) in [5.74, 6) is -1.44. The number of aromatic nitrogens is 8. The Labute approximate surface area is 340 Å². The van der Waals surface area contributed by atoms with Crippen molar-refractivity contribution < 1.29 is 75.6 Å². The van der Waals surface area contributed by atoms with E-state index < -0.39 is 121 Å². The summed E-state index contributed by atoms with van der Waals surface area (Å²) in [5.41, 5.74) is 9.36. The van der Waals surface area contributed by atoms with Gasteiger partial charge in [0.1, 0.15) is 60.8 Å². The van der Waals surface area contributed by atoms with Crippen molar-refractivity contribution in [1.29, 1.82) is 0 Å². The lowest BCUT2D eigenvalue weighted by Crippen LogP contribution is -2.45. The lowest BCUT2D eigenvalue weighted by molar-refractivity contribution is -0.111. The van der Waals surface area contributed by atoms with Gasteiger partial charge in [-0.15, -0.1) is 0 Å². The van der Waals surface area contributed by atoms with Crippen LogP contribution in [0.3, 0.4) is 0 Å². The highest BCUT2D eigenvalue weighted by molar-refractivity contribution is 7.47. The van der Waals surface area contributed by atoms with Crippen LogP contribution in [0.5, 0.6) is 0 Å². The quantitative estimate of drug-likeness (QED) is 0.0584. The van der Waals surface area contributed by atoms with Gasteiger partial charge < -0.3 is 55.3 Å². The van der Waals surface area contributed by atoms with Crippen LogP contribution in [0, 0.1) is 12.8 Å². The SMILES string of the molecule is Cc1cn(C2CC(C(OP(=O)(O)O)C3OC(n4cnc5c(N)ncnc54)CC3O)C(COP(=O)(O)OC3CC(n4ccc(N)nc4=O)OC3COP(=O)(O)O)O2)c(=O)[nH]c1=O.